The Labute approximate surface area is 158 Å². The minimum absolute atomic E-state index is 0. The highest BCUT2D eigenvalue weighted by atomic mass is 35.5. The molecule has 7 heteroatoms. The fraction of sp³-hybridized carbons (Fsp3) is 0.316. The van der Waals surface area contributed by atoms with Crippen LogP contribution < -0.4 is 10.1 Å². The monoisotopic (exact) mass is 383 g/mol. The Morgan fingerprint density at radius 3 is 2.62 bits per heavy atom. The lowest BCUT2D eigenvalue weighted by Crippen LogP contribution is -2.26. The Morgan fingerprint density at radius 1 is 1.23 bits per heavy atom. The highest BCUT2D eigenvalue weighted by Gasteiger charge is 2.07. The summed E-state index contributed by atoms with van der Waals surface area (Å²) in [6, 6.07) is 13.1. The van der Waals surface area contributed by atoms with Crippen LogP contribution in [0, 0.1) is 5.82 Å². The molecule has 0 spiro atoms. The Kier molecular flexibility index (Phi) is 9.65. The molecule has 0 aliphatic rings. The number of aliphatic hydroxyl groups excluding tert-OH is 1. The maximum absolute atomic E-state index is 13.1. The smallest absolute Gasteiger partial charge is 0.309 e. The topological polar surface area (TPSA) is 67.8 Å². The highest BCUT2D eigenvalue weighted by Crippen LogP contribution is 2.14. The van der Waals surface area contributed by atoms with Gasteiger partial charge in [0.1, 0.15) is 18.2 Å². The van der Waals surface area contributed by atoms with Gasteiger partial charge in [0.05, 0.1) is 19.6 Å². The van der Waals surface area contributed by atoms with Crippen LogP contribution in [-0.2, 0) is 16.0 Å². The third-order valence-electron chi connectivity index (χ3n) is 3.62. The number of carbonyl (C=O) groups excluding carboxylic acids is 1. The zero-order valence-corrected chi connectivity index (χ0v) is 15.3. The summed E-state index contributed by atoms with van der Waals surface area (Å²) in [5, 5.41) is 13.0. The second-order valence-electron chi connectivity index (χ2n) is 5.52. The van der Waals surface area contributed by atoms with Crippen LogP contribution in [0.4, 0.5) is 4.39 Å². The third-order valence-corrected chi connectivity index (χ3v) is 3.62. The van der Waals surface area contributed by atoms with Gasteiger partial charge >= 0.3 is 5.97 Å². The molecule has 2 N–H and O–H groups in total. The van der Waals surface area contributed by atoms with Crippen LogP contribution in [0.15, 0.2) is 48.5 Å². The van der Waals surface area contributed by atoms with Gasteiger partial charge in [-0.1, -0.05) is 24.3 Å². The molecule has 5 nitrogen and oxygen atoms in total. The highest BCUT2D eigenvalue weighted by molar-refractivity contribution is 5.85. The predicted molar refractivity (Wildman–Crippen MR) is 99.1 cm³/mol. The number of rotatable bonds is 9. The molecule has 1 atom stereocenters. The van der Waals surface area contributed by atoms with Crippen LogP contribution in [0.2, 0.25) is 0 Å². The molecule has 142 valence electrons. The van der Waals surface area contributed by atoms with E-state index in [9.17, 15) is 14.3 Å². The summed E-state index contributed by atoms with van der Waals surface area (Å²) in [6.45, 7) is 1.27. The summed E-state index contributed by atoms with van der Waals surface area (Å²) in [6.07, 6.45) is -0.538. The minimum Gasteiger partial charge on any atom is -0.492 e. The zero-order chi connectivity index (χ0) is 18.1. The van der Waals surface area contributed by atoms with Gasteiger partial charge in [0.15, 0.2) is 0 Å². The van der Waals surface area contributed by atoms with Gasteiger partial charge in [-0.2, -0.15) is 0 Å². The molecule has 2 aromatic carbocycles. The van der Waals surface area contributed by atoms with Gasteiger partial charge in [-0.15, -0.1) is 12.4 Å². The molecule has 0 aliphatic heterocycles. The van der Waals surface area contributed by atoms with Crippen LogP contribution in [0.5, 0.6) is 5.75 Å². The molecular weight excluding hydrogens is 361 g/mol. The molecule has 0 radical (unpaired) electrons. The molecule has 0 aromatic heterocycles. The lowest BCUT2D eigenvalue weighted by molar-refractivity contribution is -0.139. The number of esters is 1. The van der Waals surface area contributed by atoms with Crippen molar-refractivity contribution in [2.24, 2.45) is 0 Å². The van der Waals surface area contributed by atoms with Crippen molar-refractivity contribution in [3.05, 3.63) is 65.5 Å². The number of benzene rings is 2. The van der Waals surface area contributed by atoms with Gasteiger partial charge in [0.2, 0.25) is 0 Å². The molecular formula is C19H23ClFNO4. The van der Waals surface area contributed by atoms with Crippen molar-refractivity contribution in [3.8, 4) is 5.75 Å². The van der Waals surface area contributed by atoms with Gasteiger partial charge in [-0.3, -0.25) is 4.79 Å². The Hall–Kier alpha value is -2.15. The maximum atomic E-state index is 13.1. The van der Waals surface area contributed by atoms with E-state index < -0.39 is 6.10 Å². The van der Waals surface area contributed by atoms with Gasteiger partial charge in [0, 0.05) is 13.1 Å². The predicted octanol–water partition coefficient (Wildman–Crippen LogP) is 2.67. The third kappa shape index (κ3) is 7.39. The molecule has 0 bridgehead atoms. The van der Waals surface area contributed by atoms with Crippen molar-refractivity contribution in [3.63, 3.8) is 0 Å². The first kappa shape index (κ1) is 21.9. The maximum Gasteiger partial charge on any atom is 0.309 e. The van der Waals surface area contributed by atoms with E-state index in [1.54, 1.807) is 24.3 Å². The molecule has 26 heavy (non-hydrogen) atoms. The van der Waals surface area contributed by atoms with E-state index in [-0.39, 0.29) is 30.6 Å². The molecule has 2 aromatic rings. The largest absolute Gasteiger partial charge is 0.492 e. The first-order chi connectivity index (χ1) is 12.1. The first-order valence-electron chi connectivity index (χ1n) is 8.01. The number of hydrogen-bond acceptors (Lipinski definition) is 5. The molecule has 2 rings (SSSR count). The quantitative estimate of drug-likeness (QED) is 0.514. The van der Waals surface area contributed by atoms with Crippen molar-refractivity contribution < 1.29 is 23.8 Å². The number of nitrogens with one attached hydrogen (secondary N) is 1. The van der Waals surface area contributed by atoms with Crippen molar-refractivity contribution in [2.75, 3.05) is 26.8 Å². The molecule has 0 heterocycles. The summed E-state index contributed by atoms with van der Waals surface area (Å²) in [7, 11) is 1.36. The van der Waals surface area contributed by atoms with Crippen LogP contribution in [0.1, 0.15) is 17.2 Å². The molecule has 0 fully saturated rings. The molecule has 0 saturated carbocycles. The van der Waals surface area contributed by atoms with E-state index in [4.69, 9.17) is 4.74 Å². The van der Waals surface area contributed by atoms with Crippen molar-refractivity contribution >= 4 is 18.4 Å². The summed E-state index contributed by atoms with van der Waals surface area (Å²) < 4.78 is 23.3. The molecule has 0 aliphatic carbocycles. The van der Waals surface area contributed by atoms with Crippen LogP contribution in [0.3, 0.4) is 0 Å². The number of aliphatic hydroxyl groups is 1. The second kappa shape index (κ2) is 11.5. The van der Waals surface area contributed by atoms with E-state index in [1.165, 1.54) is 19.2 Å². The number of halogens is 2. The number of methoxy groups -OCH3 is 1. The van der Waals surface area contributed by atoms with Gasteiger partial charge < -0.3 is 19.9 Å². The lowest BCUT2D eigenvalue weighted by atomic mass is 10.1. The van der Waals surface area contributed by atoms with Crippen molar-refractivity contribution in [1.29, 1.82) is 0 Å². The van der Waals surface area contributed by atoms with E-state index in [1.807, 2.05) is 12.1 Å². The van der Waals surface area contributed by atoms with Crippen LogP contribution in [0.25, 0.3) is 0 Å². The Morgan fingerprint density at radius 2 is 1.96 bits per heavy atom. The number of carbonyl (C=O) groups is 1. The minimum atomic E-state index is -0.770. The Bertz CT molecular complexity index is 681. The van der Waals surface area contributed by atoms with Crippen LogP contribution in [-0.4, -0.2) is 37.9 Å². The molecule has 0 amide bonds. The summed E-state index contributed by atoms with van der Waals surface area (Å²) in [5.74, 6) is 0.0475. The Balaban J connectivity index is 0.00000338. The fourth-order valence-corrected chi connectivity index (χ4v) is 2.25. The van der Waals surface area contributed by atoms with E-state index in [0.29, 0.717) is 31.0 Å². The SMILES string of the molecule is COC(=O)Cc1ccc(OCCNCC(O)c2cccc(F)c2)cc1.Cl. The number of hydrogen-bond donors (Lipinski definition) is 2. The molecule has 1 unspecified atom stereocenters. The fourth-order valence-electron chi connectivity index (χ4n) is 2.25. The second-order valence-corrected chi connectivity index (χ2v) is 5.52. The summed E-state index contributed by atoms with van der Waals surface area (Å²) >= 11 is 0. The van der Waals surface area contributed by atoms with Crippen LogP contribution >= 0.6 is 12.4 Å². The first-order valence-corrected chi connectivity index (χ1v) is 8.01. The van der Waals surface area contributed by atoms with Gasteiger partial charge in [0.25, 0.3) is 0 Å². The average molecular weight is 384 g/mol. The lowest BCUT2D eigenvalue weighted by Gasteiger charge is -2.13. The normalized spacial score (nSPS) is 11.3. The zero-order valence-electron chi connectivity index (χ0n) is 14.5. The summed E-state index contributed by atoms with van der Waals surface area (Å²) in [4.78, 5) is 11.2. The van der Waals surface area contributed by atoms with Crippen molar-refractivity contribution in [1.82, 2.24) is 5.32 Å². The van der Waals surface area contributed by atoms with Gasteiger partial charge in [-0.25, -0.2) is 4.39 Å². The molecule has 0 saturated heterocycles. The van der Waals surface area contributed by atoms with E-state index >= 15 is 0 Å². The van der Waals surface area contributed by atoms with E-state index in [0.717, 1.165) is 5.56 Å². The average Bonchev–Trinajstić information content (AvgIpc) is 2.62. The number of ether oxygens (including phenoxy) is 2. The standard InChI is InChI=1S/C19H22FNO4.ClH/c1-24-19(23)11-14-5-7-17(8-6-14)25-10-9-21-13-18(22)15-3-2-4-16(20)12-15;/h2-8,12,18,21-22H,9-11,13H2,1H3;1H. The van der Waals surface area contributed by atoms with E-state index in [2.05, 4.69) is 10.1 Å². The van der Waals surface area contributed by atoms with Gasteiger partial charge in [-0.05, 0) is 35.4 Å². The van der Waals surface area contributed by atoms with Crippen molar-refractivity contribution in [2.45, 2.75) is 12.5 Å². The summed E-state index contributed by atoms with van der Waals surface area (Å²) in [5.41, 5.74) is 1.39.